The summed E-state index contributed by atoms with van der Waals surface area (Å²) in [6.45, 7) is 0. The average molecular weight is 292 g/mol. The molecule has 0 unspecified atom stereocenters. The molecular formula is C18H12O4. The van der Waals surface area contributed by atoms with Crippen LogP contribution in [0, 0.1) is 0 Å². The SMILES string of the molecule is COc1ccc2c(c1)oc(=O)c1c(-c3ccccc3)coc12. The van der Waals surface area contributed by atoms with Crippen molar-refractivity contribution < 1.29 is 13.6 Å². The van der Waals surface area contributed by atoms with E-state index in [-0.39, 0.29) is 0 Å². The Balaban J connectivity index is 2.09. The second-order valence-electron chi connectivity index (χ2n) is 4.97. The van der Waals surface area contributed by atoms with Crippen LogP contribution in [0.15, 0.2) is 68.4 Å². The molecule has 4 rings (SSSR count). The van der Waals surface area contributed by atoms with E-state index >= 15 is 0 Å². The number of furan rings is 1. The van der Waals surface area contributed by atoms with Crippen molar-refractivity contribution in [3.63, 3.8) is 0 Å². The van der Waals surface area contributed by atoms with Gasteiger partial charge in [-0.1, -0.05) is 30.3 Å². The van der Waals surface area contributed by atoms with E-state index in [0.717, 1.165) is 16.5 Å². The summed E-state index contributed by atoms with van der Waals surface area (Å²) >= 11 is 0. The number of hydrogen-bond acceptors (Lipinski definition) is 4. The molecule has 2 aromatic carbocycles. The van der Waals surface area contributed by atoms with E-state index in [2.05, 4.69) is 0 Å². The lowest BCUT2D eigenvalue weighted by atomic mass is 10.1. The minimum Gasteiger partial charge on any atom is -0.497 e. The molecule has 2 heterocycles. The van der Waals surface area contributed by atoms with Crippen LogP contribution in [0.1, 0.15) is 0 Å². The lowest BCUT2D eigenvalue weighted by Gasteiger charge is -2.02. The van der Waals surface area contributed by atoms with E-state index in [1.807, 2.05) is 42.5 Å². The van der Waals surface area contributed by atoms with Crippen molar-refractivity contribution in [2.75, 3.05) is 7.11 Å². The molecule has 0 saturated heterocycles. The van der Waals surface area contributed by atoms with Gasteiger partial charge in [-0.3, -0.25) is 0 Å². The summed E-state index contributed by atoms with van der Waals surface area (Å²) in [6, 6.07) is 15.0. The fourth-order valence-electron chi connectivity index (χ4n) is 2.64. The quantitative estimate of drug-likeness (QED) is 0.519. The summed E-state index contributed by atoms with van der Waals surface area (Å²) < 4.78 is 16.3. The molecule has 0 aliphatic carbocycles. The predicted octanol–water partition coefficient (Wildman–Crippen LogP) is 4.21. The number of benzene rings is 2. The standard InChI is InChI=1S/C18H12O4/c1-20-12-7-8-13-15(9-12)22-18(19)16-14(10-21-17(13)16)11-5-3-2-4-6-11/h2-10H,1H3. The normalized spacial score (nSPS) is 11.1. The Morgan fingerprint density at radius 1 is 1.05 bits per heavy atom. The number of fused-ring (bicyclic) bond motifs is 3. The van der Waals surface area contributed by atoms with Crippen LogP contribution < -0.4 is 10.4 Å². The maximum absolute atomic E-state index is 12.4. The summed E-state index contributed by atoms with van der Waals surface area (Å²) in [5.41, 5.74) is 2.23. The van der Waals surface area contributed by atoms with Crippen LogP contribution in [-0.2, 0) is 0 Å². The summed E-state index contributed by atoms with van der Waals surface area (Å²) in [4.78, 5) is 12.4. The number of rotatable bonds is 2. The first-order valence-electron chi connectivity index (χ1n) is 6.85. The number of methoxy groups -OCH3 is 1. The minimum absolute atomic E-state index is 0.414. The third kappa shape index (κ3) is 1.81. The van der Waals surface area contributed by atoms with E-state index in [0.29, 0.717) is 22.3 Å². The van der Waals surface area contributed by atoms with E-state index in [1.165, 1.54) is 0 Å². The summed E-state index contributed by atoms with van der Waals surface area (Å²) in [5.74, 6) is 0.629. The Morgan fingerprint density at radius 3 is 2.64 bits per heavy atom. The summed E-state index contributed by atoms with van der Waals surface area (Å²) in [5, 5.41) is 1.21. The van der Waals surface area contributed by atoms with Gasteiger partial charge in [-0.2, -0.15) is 0 Å². The van der Waals surface area contributed by atoms with Gasteiger partial charge in [0.1, 0.15) is 16.7 Å². The first-order chi connectivity index (χ1) is 10.8. The molecule has 0 spiro atoms. The Bertz CT molecular complexity index is 1030. The molecule has 2 aromatic heterocycles. The van der Waals surface area contributed by atoms with Crippen LogP contribution in [0.5, 0.6) is 5.75 Å². The second kappa shape index (κ2) is 4.77. The van der Waals surface area contributed by atoms with E-state index < -0.39 is 5.63 Å². The minimum atomic E-state index is -0.414. The molecule has 4 nitrogen and oxygen atoms in total. The fourth-order valence-corrected chi connectivity index (χ4v) is 2.64. The van der Waals surface area contributed by atoms with Gasteiger partial charge in [0.25, 0.3) is 0 Å². The maximum Gasteiger partial charge on any atom is 0.348 e. The topological polar surface area (TPSA) is 52.6 Å². The summed E-state index contributed by atoms with van der Waals surface area (Å²) in [6.07, 6.45) is 1.60. The highest BCUT2D eigenvalue weighted by Gasteiger charge is 2.17. The first kappa shape index (κ1) is 12.7. The van der Waals surface area contributed by atoms with Crippen molar-refractivity contribution in [1.29, 1.82) is 0 Å². The van der Waals surface area contributed by atoms with Crippen molar-refractivity contribution >= 4 is 21.9 Å². The molecule has 0 atom stereocenters. The fraction of sp³-hybridized carbons (Fsp3) is 0.0556. The van der Waals surface area contributed by atoms with Gasteiger partial charge in [0.05, 0.1) is 18.8 Å². The van der Waals surface area contributed by atoms with Crippen molar-refractivity contribution in [1.82, 2.24) is 0 Å². The Labute approximate surface area is 125 Å². The summed E-state index contributed by atoms with van der Waals surface area (Å²) in [7, 11) is 1.57. The monoisotopic (exact) mass is 292 g/mol. The van der Waals surface area contributed by atoms with Crippen molar-refractivity contribution in [2.24, 2.45) is 0 Å². The van der Waals surface area contributed by atoms with Gasteiger partial charge < -0.3 is 13.6 Å². The predicted molar refractivity (Wildman–Crippen MR) is 84.2 cm³/mol. The van der Waals surface area contributed by atoms with Crippen LogP contribution >= 0.6 is 0 Å². The molecule has 4 aromatic rings. The highest BCUT2D eigenvalue weighted by Crippen LogP contribution is 2.33. The third-order valence-corrected chi connectivity index (χ3v) is 3.72. The third-order valence-electron chi connectivity index (χ3n) is 3.72. The molecule has 4 heteroatoms. The molecule has 0 amide bonds. The zero-order chi connectivity index (χ0) is 15.1. The number of hydrogen-bond donors (Lipinski definition) is 0. The Hall–Kier alpha value is -3.01. The molecule has 22 heavy (non-hydrogen) atoms. The second-order valence-corrected chi connectivity index (χ2v) is 4.97. The molecule has 0 N–H and O–H groups in total. The zero-order valence-electron chi connectivity index (χ0n) is 11.8. The van der Waals surface area contributed by atoms with Gasteiger partial charge in [0.2, 0.25) is 0 Å². The highest BCUT2D eigenvalue weighted by molar-refractivity contribution is 6.06. The van der Waals surface area contributed by atoms with E-state index in [1.54, 1.807) is 19.4 Å². The van der Waals surface area contributed by atoms with Gasteiger partial charge in [-0.05, 0) is 17.7 Å². The molecule has 0 saturated carbocycles. The molecule has 108 valence electrons. The van der Waals surface area contributed by atoms with E-state index in [9.17, 15) is 4.79 Å². The zero-order valence-corrected chi connectivity index (χ0v) is 11.8. The average Bonchev–Trinajstić information content (AvgIpc) is 3.01. The molecular weight excluding hydrogens is 280 g/mol. The van der Waals surface area contributed by atoms with Gasteiger partial charge >= 0.3 is 5.63 Å². The van der Waals surface area contributed by atoms with Crippen LogP contribution in [0.3, 0.4) is 0 Å². The van der Waals surface area contributed by atoms with Gasteiger partial charge in [0.15, 0.2) is 5.58 Å². The van der Waals surface area contributed by atoms with Crippen LogP contribution in [0.4, 0.5) is 0 Å². The van der Waals surface area contributed by atoms with Gasteiger partial charge in [-0.15, -0.1) is 0 Å². The molecule has 0 fully saturated rings. The van der Waals surface area contributed by atoms with Gasteiger partial charge in [-0.25, -0.2) is 4.79 Å². The largest absolute Gasteiger partial charge is 0.497 e. The van der Waals surface area contributed by atoms with Crippen molar-refractivity contribution in [2.45, 2.75) is 0 Å². The lowest BCUT2D eigenvalue weighted by molar-refractivity contribution is 0.414. The molecule has 0 radical (unpaired) electrons. The van der Waals surface area contributed by atoms with Crippen LogP contribution in [-0.4, -0.2) is 7.11 Å². The smallest absolute Gasteiger partial charge is 0.348 e. The Morgan fingerprint density at radius 2 is 1.86 bits per heavy atom. The van der Waals surface area contributed by atoms with E-state index in [4.69, 9.17) is 13.6 Å². The molecule has 0 aliphatic rings. The van der Waals surface area contributed by atoms with Crippen molar-refractivity contribution in [3.8, 4) is 16.9 Å². The number of ether oxygens (including phenoxy) is 1. The molecule has 0 aliphatic heterocycles. The van der Waals surface area contributed by atoms with Crippen LogP contribution in [0.25, 0.3) is 33.1 Å². The first-order valence-corrected chi connectivity index (χ1v) is 6.85. The molecule has 0 bridgehead atoms. The highest BCUT2D eigenvalue weighted by atomic mass is 16.5. The van der Waals surface area contributed by atoms with Gasteiger partial charge in [0, 0.05) is 11.6 Å². The maximum atomic E-state index is 12.4. The van der Waals surface area contributed by atoms with Crippen LogP contribution in [0.2, 0.25) is 0 Å². The Kier molecular flexibility index (Phi) is 2.76. The van der Waals surface area contributed by atoms with Crippen molar-refractivity contribution in [3.05, 3.63) is 65.2 Å². The lowest BCUT2D eigenvalue weighted by Crippen LogP contribution is -1.99.